The summed E-state index contributed by atoms with van der Waals surface area (Å²) in [5, 5.41) is 4.88. The van der Waals surface area contributed by atoms with Gasteiger partial charge in [0.15, 0.2) is 0 Å². The lowest BCUT2D eigenvalue weighted by Gasteiger charge is -2.33. The summed E-state index contributed by atoms with van der Waals surface area (Å²) < 4.78 is 34.2. The SMILES string of the molecule is C=C1NC(=O)NC(c2ccccc2OC(F)F)C1C(=O)OC. The molecule has 1 aliphatic heterocycles. The van der Waals surface area contributed by atoms with Crippen molar-refractivity contribution in [2.75, 3.05) is 7.11 Å². The van der Waals surface area contributed by atoms with Crippen molar-refractivity contribution >= 4 is 12.0 Å². The lowest BCUT2D eigenvalue weighted by atomic mass is 9.88. The van der Waals surface area contributed by atoms with Crippen molar-refractivity contribution < 1.29 is 27.8 Å². The van der Waals surface area contributed by atoms with E-state index in [4.69, 9.17) is 0 Å². The zero-order chi connectivity index (χ0) is 16.3. The van der Waals surface area contributed by atoms with Gasteiger partial charge in [0.2, 0.25) is 0 Å². The average Bonchev–Trinajstić information content (AvgIpc) is 2.45. The van der Waals surface area contributed by atoms with Crippen LogP contribution in [0, 0.1) is 5.92 Å². The highest BCUT2D eigenvalue weighted by atomic mass is 19.3. The quantitative estimate of drug-likeness (QED) is 0.833. The third-order valence-electron chi connectivity index (χ3n) is 3.19. The summed E-state index contributed by atoms with van der Waals surface area (Å²) in [5.74, 6) is -1.76. The van der Waals surface area contributed by atoms with E-state index >= 15 is 0 Å². The second kappa shape index (κ2) is 6.42. The molecule has 22 heavy (non-hydrogen) atoms. The number of carbonyl (C=O) groups excluding carboxylic acids is 2. The largest absolute Gasteiger partial charge is 0.468 e. The van der Waals surface area contributed by atoms with Crippen LogP contribution in [0.25, 0.3) is 0 Å². The van der Waals surface area contributed by atoms with Gasteiger partial charge >= 0.3 is 18.6 Å². The summed E-state index contributed by atoms with van der Waals surface area (Å²) in [6, 6.07) is 4.38. The number of ether oxygens (including phenoxy) is 2. The second-order valence-corrected chi connectivity index (χ2v) is 4.52. The number of amides is 2. The molecule has 1 aromatic rings. The number of hydrogen-bond acceptors (Lipinski definition) is 4. The van der Waals surface area contributed by atoms with E-state index in [0.29, 0.717) is 0 Å². The number of hydrogen-bond donors (Lipinski definition) is 2. The molecule has 2 atom stereocenters. The highest BCUT2D eigenvalue weighted by molar-refractivity contribution is 5.85. The van der Waals surface area contributed by atoms with Gasteiger partial charge in [-0.25, -0.2) is 4.79 Å². The number of carbonyl (C=O) groups is 2. The molecule has 0 aromatic heterocycles. The van der Waals surface area contributed by atoms with E-state index in [9.17, 15) is 18.4 Å². The predicted octanol–water partition coefficient (Wildman–Crippen LogP) is 1.94. The first kappa shape index (κ1) is 15.7. The first-order valence-electron chi connectivity index (χ1n) is 6.32. The summed E-state index contributed by atoms with van der Waals surface area (Å²) in [6.07, 6.45) is 0. The number of benzene rings is 1. The molecule has 1 fully saturated rings. The normalized spacial score (nSPS) is 21.1. The predicted molar refractivity (Wildman–Crippen MR) is 72.1 cm³/mol. The maximum atomic E-state index is 12.5. The highest BCUT2D eigenvalue weighted by Crippen LogP contribution is 2.35. The van der Waals surface area contributed by atoms with Gasteiger partial charge in [0.05, 0.1) is 13.2 Å². The maximum Gasteiger partial charge on any atom is 0.387 e. The summed E-state index contributed by atoms with van der Waals surface area (Å²) in [5.41, 5.74) is 0.349. The number of urea groups is 1. The van der Waals surface area contributed by atoms with Crippen molar-refractivity contribution in [3.05, 3.63) is 42.1 Å². The Morgan fingerprint density at radius 3 is 2.68 bits per heavy atom. The summed E-state index contributed by atoms with van der Waals surface area (Å²) in [7, 11) is 1.19. The molecular weight excluding hydrogens is 298 g/mol. The lowest BCUT2D eigenvalue weighted by Crippen LogP contribution is -2.51. The number of para-hydroxylation sites is 1. The minimum absolute atomic E-state index is 0.118. The Morgan fingerprint density at radius 1 is 1.36 bits per heavy atom. The average molecular weight is 312 g/mol. The number of rotatable bonds is 4. The van der Waals surface area contributed by atoms with Gasteiger partial charge in [0, 0.05) is 11.3 Å². The fourth-order valence-corrected chi connectivity index (χ4v) is 2.29. The monoisotopic (exact) mass is 312 g/mol. The van der Waals surface area contributed by atoms with Crippen molar-refractivity contribution in [2.24, 2.45) is 5.92 Å². The number of halogens is 2. The van der Waals surface area contributed by atoms with Crippen LogP contribution >= 0.6 is 0 Å². The second-order valence-electron chi connectivity index (χ2n) is 4.52. The lowest BCUT2D eigenvalue weighted by molar-refractivity contribution is -0.145. The zero-order valence-electron chi connectivity index (χ0n) is 11.6. The van der Waals surface area contributed by atoms with Crippen molar-refractivity contribution in [1.82, 2.24) is 10.6 Å². The molecule has 1 aliphatic rings. The molecule has 1 saturated heterocycles. The molecule has 0 saturated carbocycles. The Labute approximate surface area is 125 Å². The molecular formula is C14H14F2N2O4. The van der Waals surface area contributed by atoms with Gasteiger partial charge < -0.3 is 20.1 Å². The van der Waals surface area contributed by atoms with Gasteiger partial charge in [-0.15, -0.1) is 0 Å². The van der Waals surface area contributed by atoms with E-state index < -0.39 is 30.6 Å². The topological polar surface area (TPSA) is 76.7 Å². The fourth-order valence-electron chi connectivity index (χ4n) is 2.29. The Balaban J connectivity index is 2.44. The van der Waals surface area contributed by atoms with E-state index in [1.165, 1.54) is 25.3 Å². The fraction of sp³-hybridized carbons (Fsp3) is 0.286. The minimum Gasteiger partial charge on any atom is -0.468 e. The molecule has 1 aromatic carbocycles. The summed E-state index contributed by atoms with van der Waals surface area (Å²) >= 11 is 0. The van der Waals surface area contributed by atoms with Crippen molar-refractivity contribution in [3.63, 3.8) is 0 Å². The van der Waals surface area contributed by atoms with Crippen LogP contribution in [0.2, 0.25) is 0 Å². The molecule has 118 valence electrons. The van der Waals surface area contributed by atoms with Gasteiger partial charge in [-0.1, -0.05) is 24.8 Å². The maximum absolute atomic E-state index is 12.5. The molecule has 0 radical (unpaired) electrons. The van der Waals surface area contributed by atoms with E-state index in [-0.39, 0.29) is 17.0 Å². The van der Waals surface area contributed by atoms with Gasteiger partial charge in [-0.05, 0) is 6.07 Å². The third kappa shape index (κ3) is 3.16. The first-order valence-corrected chi connectivity index (χ1v) is 6.32. The van der Waals surface area contributed by atoms with Crippen LogP contribution in [0.15, 0.2) is 36.5 Å². The van der Waals surface area contributed by atoms with E-state index in [1.54, 1.807) is 6.07 Å². The highest BCUT2D eigenvalue weighted by Gasteiger charge is 2.40. The number of alkyl halides is 2. The summed E-state index contributed by atoms with van der Waals surface area (Å²) in [4.78, 5) is 23.6. The Morgan fingerprint density at radius 2 is 2.05 bits per heavy atom. The molecule has 8 heteroatoms. The molecule has 0 bridgehead atoms. The van der Waals surface area contributed by atoms with Gasteiger partial charge in [0.1, 0.15) is 11.7 Å². The van der Waals surface area contributed by atoms with Crippen LogP contribution in [-0.4, -0.2) is 25.7 Å². The van der Waals surface area contributed by atoms with Crippen LogP contribution in [0.5, 0.6) is 5.75 Å². The van der Waals surface area contributed by atoms with E-state index in [0.717, 1.165) is 0 Å². The molecule has 1 heterocycles. The number of nitrogens with one attached hydrogen (secondary N) is 2. The molecule has 2 rings (SSSR count). The molecule has 2 amide bonds. The van der Waals surface area contributed by atoms with Gasteiger partial charge in [-0.3, -0.25) is 4.79 Å². The van der Waals surface area contributed by atoms with Crippen LogP contribution < -0.4 is 15.4 Å². The molecule has 2 unspecified atom stereocenters. The van der Waals surface area contributed by atoms with Gasteiger partial charge in [-0.2, -0.15) is 8.78 Å². The smallest absolute Gasteiger partial charge is 0.387 e. The molecule has 2 N–H and O–H groups in total. The first-order chi connectivity index (χ1) is 10.4. The Hall–Kier alpha value is -2.64. The van der Waals surface area contributed by atoms with Crippen LogP contribution in [0.4, 0.5) is 13.6 Å². The molecule has 6 nitrogen and oxygen atoms in total. The minimum atomic E-state index is -3.03. The van der Waals surface area contributed by atoms with Crippen molar-refractivity contribution in [2.45, 2.75) is 12.7 Å². The van der Waals surface area contributed by atoms with Crippen molar-refractivity contribution in [3.8, 4) is 5.75 Å². The third-order valence-corrected chi connectivity index (χ3v) is 3.19. The van der Waals surface area contributed by atoms with Crippen LogP contribution in [0.3, 0.4) is 0 Å². The standard InChI is InChI=1S/C14H14F2N2O4/c1-7-10(12(19)21-2)11(18-14(20)17-7)8-5-3-4-6-9(8)22-13(15)16/h3-6,10-11,13H,1H2,2H3,(H2,17,18,20). The van der Waals surface area contributed by atoms with E-state index in [2.05, 4.69) is 26.7 Å². The zero-order valence-corrected chi connectivity index (χ0v) is 11.6. The van der Waals surface area contributed by atoms with Crippen LogP contribution in [0.1, 0.15) is 11.6 Å². The molecule has 0 spiro atoms. The Kier molecular flexibility index (Phi) is 4.59. The molecule has 0 aliphatic carbocycles. The van der Waals surface area contributed by atoms with Gasteiger partial charge in [0.25, 0.3) is 0 Å². The number of esters is 1. The number of methoxy groups -OCH3 is 1. The van der Waals surface area contributed by atoms with E-state index in [1.807, 2.05) is 0 Å². The Bertz CT molecular complexity index is 606. The van der Waals surface area contributed by atoms with Crippen LogP contribution in [-0.2, 0) is 9.53 Å². The summed E-state index contributed by atoms with van der Waals surface area (Å²) in [6.45, 7) is 0.590. The van der Waals surface area contributed by atoms with Crippen molar-refractivity contribution in [1.29, 1.82) is 0 Å².